The molecule has 0 saturated heterocycles. The van der Waals surface area contributed by atoms with Crippen molar-refractivity contribution in [3.63, 3.8) is 0 Å². The highest BCUT2D eigenvalue weighted by Crippen LogP contribution is 2.24. The van der Waals surface area contributed by atoms with Crippen molar-refractivity contribution in [1.29, 1.82) is 0 Å². The summed E-state index contributed by atoms with van der Waals surface area (Å²) in [6.45, 7) is 8.04. The van der Waals surface area contributed by atoms with Gasteiger partial charge in [-0.2, -0.15) is 0 Å². The highest BCUT2D eigenvalue weighted by atomic mass is 16.7. The second kappa shape index (κ2) is 8.56. The van der Waals surface area contributed by atoms with E-state index in [2.05, 4.69) is 6.58 Å². The zero-order chi connectivity index (χ0) is 15.7. The SMILES string of the molecule is C=C(C)C(=O)OC(O)(COCCOCC)c1ccccc1. The number of ether oxygens (including phenoxy) is 3. The number of aliphatic hydroxyl groups is 1. The van der Waals surface area contributed by atoms with Crippen LogP contribution in [0.1, 0.15) is 19.4 Å². The molecule has 0 saturated carbocycles. The highest BCUT2D eigenvalue weighted by molar-refractivity contribution is 5.87. The standard InChI is InChI=1S/C16H22O5/c1-4-19-10-11-20-12-16(18,21-15(17)13(2)3)14-8-6-5-7-9-14/h5-9,18H,2,4,10-12H2,1,3H3. The predicted molar refractivity (Wildman–Crippen MR) is 78.6 cm³/mol. The minimum absolute atomic E-state index is 0.177. The van der Waals surface area contributed by atoms with Crippen molar-refractivity contribution >= 4 is 5.97 Å². The van der Waals surface area contributed by atoms with Crippen LogP contribution in [-0.4, -0.2) is 37.5 Å². The van der Waals surface area contributed by atoms with Gasteiger partial charge >= 0.3 is 5.97 Å². The third kappa shape index (κ3) is 5.67. The van der Waals surface area contributed by atoms with Gasteiger partial charge in [-0.05, 0) is 13.8 Å². The van der Waals surface area contributed by atoms with Crippen LogP contribution in [0.3, 0.4) is 0 Å². The number of hydrogen-bond donors (Lipinski definition) is 1. The molecule has 0 radical (unpaired) electrons. The summed E-state index contributed by atoms with van der Waals surface area (Å²) in [4.78, 5) is 11.7. The Labute approximate surface area is 125 Å². The summed E-state index contributed by atoms with van der Waals surface area (Å²) in [6.07, 6.45) is 0. The molecule has 1 rings (SSSR count). The summed E-state index contributed by atoms with van der Waals surface area (Å²) in [6, 6.07) is 8.62. The van der Waals surface area contributed by atoms with E-state index in [-0.39, 0.29) is 12.2 Å². The van der Waals surface area contributed by atoms with Gasteiger partial charge in [0.1, 0.15) is 6.61 Å². The molecule has 0 fully saturated rings. The molecular weight excluding hydrogens is 272 g/mol. The lowest BCUT2D eigenvalue weighted by molar-refractivity contribution is -0.233. The van der Waals surface area contributed by atoms with Crippen molar-refractivity contribution in [2.45, 2.75) is 19.6 Å². The van der Waals surface area contributed by atoms with E-state index in [0.29, 0.717) is 25.4 Å². The topological polar surface area (TPSA) is 65.0 Å². The summed E-state index contributed by atoms with van der Waals surface area (Å²) in [5, 5.41) is 10.6. The summed E-state index contributed by atoms with van der Waals surface area (Å²) in [7, 11) is 0. The maximum absolute atomic E-state index is 11.7. The molecule has 0 aliphatic rings. The first-order valence-electron chi connectivity index (χ1n) is 6.82. The molecule has 0 aromatic heterocycles. The molecule has 0 aliphatic carbocycles. The van der Waals surface area contributed by atoms with Gasteiger partial charge in [0.25, 0.3) is 5.79 Å². The number of rotatable bonds is 9. The Balaban J connectivity index is 2.74. The fourth-order valence-corrected chi connectivity index (χ4v) is 1.58. The lowest BCUT2D eigenvalue weighted by atomic mass is 10.1. The lowest BCUT2D eigenvalue weighted by Gasteiger charge is -2.28. The Bertz CT molecular complexity index is 457. The fraction of sp³-hybridized carbons (Fsp3) is 0.438. The van der Waals surface area contributed by atoms with Crippen LogP contribution in [0.2, 0.25) is 0 Å². The highest BCUT2D eigenvalue weighted by Gasteiger charge is 2.34. The van der Waals surface area contributed by atoms with Gasteiger partial charge < -0.3 is 19.3 Å². The monoisotopic (exact) mass is 294 g/mol. The number of esters is 1. The Morgan fingerprint density at radius 1 is 1.24 bits per heavy atom. The van der Waals surface area contributed by atoms with Crippen molar-refractivity contribution in [2.24, 2.45) is 0 Å². The van der Waals surface area contributed by atoms with Crippen molar-refractivity contribution in [2.75, 3.05) is 26.4 Å². The first-order valence-corrected chi connectivity index (χ1v) is 6.82. The van der Waals surface area contributed by atoms with E-state index < -0.39 is 11.8 Å². The second-order valence-corrected chi connectivity index (χ2v) is 4.57. The molecule has 5 nitrogen and oxygen atoms in total. The van der Waals surface area contributed by atoms with E-state index in [1.807, 2.05) is 6.92 Å². The van der Waals surface area contributed by atoms with E-state index in [4.69, 9.17) is 14.2 Å². The molecule has 1 aromatic rings. The van der Waals surface area contributed by atoms with Crippen LogP contribution in [-0.2, 0) is 24.8 Å². The Morgan fingerprint density at radius 3 is 2.43 bits per heavy atom. The Kier molecular flexibility index (Phi) is 7.08. The first-order chi connectivity index (χ1) is 9.99. The first kappa shape index (κ1) is 17.4. The zero-order valence-corrected chi connectivity index (χ0v) is 12.5. The summed E-state index contributed by atoms with van der Waals surface area (Å²) in [5.74, 6) is -2.52. The maximum atomic E-state index is 11.7. The van der Waals surface area contributed by atoms with Gasteiger partial charge in [-0.1, -0.05) is 36.9 Å². The molecule has 1 N–H and O–H groups in total. The fourth-order valence-electron chi connectivity index (χ4n) is 1.58. The van der Waals surface area contributed by atoms with Crippen molar-refractivity contribution in [1.82, 2.24) is 0 Å². The van der Waals surface area contributed by atoms with E-state index in [9.17, 15) is 9.90 Å². The molecule has 5 heteroatoms. The molecule has 0 bridgehead atoms. The molecular formula is C16H22O5. The number of carbonyl (C=O) groups is 1. The van der Waals surface area contributed by atoms with Crippen molar-refractivity contribution < 1.29 is 24.1 Å². The summed E-state index contributed by atoms with van der Waals surface area (Å²) < 4.78 is 15.6. The molecule has 0 spiro atoms. The van der Waals surface area contributed by atoms with Gasteiger partial charge in [0, 0.05) is 17.7 Å². The quantitative estimate of drug-likeness (QED) is 0.327. The minimum Gasteiger partial charge on any atom is -0.423 e. The third-order valence-electron chi connectivity index (χ3n) is 2.71. The number of benzene rings is 1. The van der Waals surface area contributed by atoms with Crippen LogP contribution in [0, 0.1) is 0 Å². The van der Waals surface area contributed by atoms with Crippen molar-refractivity contribution in [3.8, 4) is 0 Å². The summed E-state index contributed by atoms with van der Waals surface area (Å²) in [5.41, 5.74) is 0.648. The number of hydrogen-bond acceptors (Lipinski definition) is 5. The van der Waals surface area contributed by atoms with Crippen LogP contribution in [0.15, 0.2) is 42.5 Å². The van der Waals surface area contributed by atoms with Gasteiger partial charge in [0.05, 0.1) is 13.2 Å². The average molecular weight is 294 g/mol. The minimum atomic E-state index is -1.84. The van der Waals surface area contributed by atoms with Crippen LogP contribution in [0.25, 0.3) is 0 Å². The molecule has 1 atom stereocenters. The molecule has 0 amide bonds. The van der Waals surface area contributed by atoms with Gasteiger partial charge in [0.15, 0.2) is 0 Å². The van der Waals surface area contributed by atoms with E-state index >= 15 is 0 Å². The van der Waals surface area contributed by atoms with Crippen molar-refractivity contribution in [3.05, 3.63) is 48.0 Å². The molecule has 1 unspecified atom stereocenters. The number of carbonyl (C=O) groups excluding carboxylic acids is 1. The smallest absolute Gasteiger partial charge is 0.335 e. The van der Waals surface area contributed by atoms with Crippen LogP contribution in [0.5, 0.6) is 0 Å². The lowest BCUT2D eigenvalue weighted by Crippen LogP contribution is -2.37. The molecule has 1 aromatic carbocycles. The van der Waals surface area contributed by atoms with E-state index in [1.165, 1.54) is 6.92 Å². The zero-order valence-electron chi connectivity index (χ0n) is 12.5. The largest absolute Gasteiger partial charge is 0.423 e. The Morgan fingerprint density at radius 2 is 1.86 bits per heavy atom. The molecule has 21 heavy (non-hydrogen) atoms. The Hall–Kier alpha value is -1.69. The third-order valence-corrected chi connectivity index (χ3v) is 2.71. The van der Waals surface area contributed by atoms with Crippen LogP contribution < -0.4 is 0 Å². The van der Waals surface area contributed by atoms with Crippen LogP contribution >= 0.6 is 0 Å². The van der Waals surface area contributed by atoms with Gasteiger partial charge in [-0.25, -0.2) is 4.79 Å². The van der Waals surface area contributed by atoms with Crippen LogP contribution in [0.4, 0.5) is 0 Å². The van der Waals surface area contributed by atoms with E-state index in [1.54, 1.807) is 30.3 Å². The van der Waals surface area contributed by atoms with E-state index in [0.717, 1.165) is 0 Å². The predicted octanol–water partition coefficient (Wildman–Crippen LogP) is 2.00. The summed E-state index contributed by atoms with van der Waals surface area (Å²) >= 11 is 0. The average Bonchev–Trinajstić information content (AvgIpc) is 2.48. The molecule has 116 valence electrons. The van der Waals surface area contributed by atoms with Gasteiger partial charge in [-0.15, -0.1) is 0 Å². The molecule has 0 heterocycles. The van der Waals surface area contributed by atoms with Gasteiger partial charge in [-0.3, -0.25) is 0 Å². The maximum Gasteiger partial charge on any atom is 0.335 e. The second-order valence-electron chi connectivity index (χ2n) is 4.57. The normalized spacial score (nSPS) is 13.5. The molecule has 0 aliphatic heterocycles. The van der Waals surface area contributed by atoms with Gasteiger partial charge in [0.2, 0.25) is 0 Å².